The molecule has 2 rings (SSSR count). The third-order valence-electron chi connectivity index (χ3n) is 2.92. The normalized spacial score (nSPS) is 12.1. The maximum absolute atomic E-state index is 11.8. The van der Waals surface area contributed by atoms with Gasteiger partial charge >= 0.3 is 0 Å². The highest BCUT2D eigenvalue weighted by molar-refractivity contribution is 6.30. The SMILES string of the molecule is C[NH+](CC(=O)NCc1ccc(Cl)cc1)Cc1ccco1. The molecule has 106 valence electrons. The average Bonchev–Trinajstić information content (AvgIpc) is 2.90. The molecule has 1 heterocycles. The molecule has 1 aromatic carbocycles. The van der Waals surface area contributed by atoms with Crippen LogP contribution in [0.5, 0.6) is 0 Å². The van der Waals surface area contributed by atoms with Crippen LogP contribution in [0.3, 0.4) is 0 Å². The molecular weight excluding hydrogens is 276 g/mol. The van der Waals surface area contributed by atoms with Gasteiger partial charge in [-0.25, -0.2) is 0 Å². The van der Waals surface area contributed by atoms with Crippen molar-refractivity contribution in [3.05, 3.63) is 59.0 Å². The first-order chi connectivity index (χ1) is 9.63. The number of hydrogen-bond donors (Lipinski definition) is 2. The summed E-state index contributed by atoms with van der Waals surface area (Å²) in [6.07, 6.45) is 1.64. The summed E-state index contributed by atoms with van der Waals surface area (Å²) in [7, 11) is 1.96. The fraction of sp³-hybridized carbons (Fsp3) is 0.267. The number of amides is 1. The smallest absolute Gasteiger partial charge is 0.275 e. The molecule has 0 saturated carbocycles. The van der Waals surface area contributed by atoms with Crippen LogP contribution >= 0.6 is 11.6 Å². The number of benzene rings is 1. The molecule has 0 fully saturated rings. The molecule has 1 aromatic heterocycles. The minimum absolute atomic E-state index is 0.0176. The Bertz CT molecular complexity index is 538. The highest BCUT2D eigenvalue weighted by Gasteiger charge is 2.11. The number of quaternary nitrogens is 1. The predicted molar refractivity (Wildman–Crippen MR) is 77.5 cm³/mol. The predicted octanol–water partition coefficient (Wildman–Crippen LogP) is 1.26. The van der Waals surface area contributed by atoms with Crippen molar-refractivity contribution in [1.82, 2.24) is 5.32 Å². The molecule has 4 nitrogen and oxygen atoms in total. The molecule has 0 saturated heterocycles. The maximum atomic E-state index is 11.8. The van der Waals surface area contributed by atoms with E-state index in [0.29, 0.717) is 24.7 Å². The quantitative estimate of drug-likeness (QED) is 0.842. The minimum atomic E-state index is 0.0176. The van der Waals surface area contributed by atoms with Crippen LogP contribution in [-0.4, -0.2) is 19.5 Å². The van der Waals surface area contributed by atoms with E-state index >= 15 is 0 Å². The van der Waals surface area contributed by atoms with Gasteiger partial charge in [0, 0.05) is 11.6 Å². The van der Waals surface area contributed by atoms with Gasteiger partial charge in [-0.3, -0.25) is 4.79 Å². The van der Waals surface area contributed by atoms with E-state index in [4.69, 9.17) is 16.0 Å². The second kappa shape index (κ2) is 7.12. The van der Waals surface area contributed by atoms with E-state index in [1.165, 1.54) is 0 Å². The second-order valence-electron chi connectivity index (χ2n) is 4.79. The molecule has 20 heavy (non-hydrogen) atoms. The summed E-state index contributed by atoms with van der Waals surface area (Å²) < 4.78 is 5.26. The van der Waals surface area contributed by atoms with Gasteiger partial charge in [0.25, 0.3) is 5.91 Å². The molecule has 0 aliphatic rings. The molecule has 0 bridgehead atoms. The molecule has 0 radical (unpaired) electrons. The number of halogens is 1. The van der Waals surface area contributed by atoms with E-state index in [2.05, 4.69) is 5.32 Å². The minimum Gasteiger partial charge on any atom is -0.463 e. The lowest BCUT2D eigenvalue weighted by Gasteiger charge is -2.12. The summed E-state index contributed by atoms with van der Waals surface area (Å²) in [6.45, 7) is 1.62. The first-order valence-electron chi connectivity index (χ1n) is 6.48. The zero-order valence-corrected chi connectivity index (χ0v) is 12.1. The lowest BCUT2D eigenvalue weighted by molar-refractivity contribution is -0.886. The second-order valence-corrected chi connectivity index (χ2v) is 5.23. The van der Waals surface area contributed by atoms with E-state index in [1.807, 2.05) is 43.4 Å². The summed E-state index contributed by atoms with van der Waals surface area (Å²) in [5.41, 5.74) is 1.03. The molecule has 0 aliphatic heterocycles. The fourth-order valence-electron chi connectivity index (χ4n) is 1.91. The van der Waals surface area contributed by atoms with Gasteiger partial charge in [-0.15, -0.1) is 0 Å². The Morgan fingerprint density at radius 3 is 2.70 bits per heavy atom. The van der Waals surface area contributed by atoms with E-state index in [1.54, 1.807) is 6.26 Å². The Labute approximate surface area is 123 Å². The highest BCUT2D eigenvalue weighted by atomic mass is 35.5. The fourth-order valence-corrected chi connectivity index (χ4v) is 2.04. The zero-order valence-electron chi connectivity index (χ0n) is 11.4. The number of rotatable bonds is 6. The van der Waals surface area contributed by atoms with Crippen molar-refractivity contribution in [3.8, 4) is 0 Å². The van der Waals surface area contributed by atoms with Gasteiger partial charge in [-0.1, -0.05) is 23.7 Å². The lowest BCUT2D eigenvalue weighted by atomic mass is 10.2. The summed E-state index contributed by atoms with van der Waals surface area (Å²) in [5, 5.41) is 3.59. The van der Waals surface area contributed by atoms with E-state index in [-0.39, 0.29) is 5.91 Å². The molecule has 2 N–H and O–H groups in total. The average molecular weight is 294 g/mol. The molecule has 1 amide bonds. The first kappa shape index (κ1) is 14.6. The van der Waals surface area contributed by atoms with Crippen molar-refractivity contribution in [2.24, 2.45) is 0 Å². The van der Waals surface area contributed by atoms with Crippen molar-refractivity contribution in [3.63, 3.8) is 0 Å². The van der Waals surface area contributed by atoms with Crippen molar-refractivity contribution in [2.45, 2.75) is 13.1 Å². The third kappa shape index (κ3) is 4.72. The molecule has 0 spiro atoms. The third-order valence-corrected chi connectivity index (χ3v) is 3.17. The Morgan fingerprint density at radius 1 is 1.30 bits per heavy atom. The molecular formula is C15H18ClN2O2+. The van der Waals surface area contributed by atoms with E-state index in [9.17, 15) is 4.79 Å². The van der Waals surface area contributed by atoms with Gasteiger partial charge in [-0.2, -0.15) is 0 Å². The van der Waals surface area contributed by atoms with E-state index < -0.39 is 0 Å². The van der Waals surface area contributed by atoms with Crippen LogP contribution in [0.2, 0.25) is 5.02 Å². The number of hydrogen-bond acceptors (Lipinski definition) is 2. The van der Waals surface area contributed by atoms with Crippen LogP contribution in [0.1, 0.15) is 11.3 Å². The Kier molecular flexibility index (Phi) is 5.21. The summed E-state index contributed by atoms with van der Waals surface area (Å²) in [4.78, 5) is 12.9. The molecule has 2 aromatic rings. The lowest BCUT2D eigenvalue weighted by Crippen LogP contribution is -3.08. The van der Waals surface area contributed by atoms with Gasteiger partial charge < -0.3 is 14.6 Å². The van der Waals surface area contributed by atoms with Crippen LogP contribution in [0.15, 0.2) is 47.1 Å². The number of carbonyl (C=O) groups is 1. The Balaban J connectivity index is 1.73. The number of carbonyl (C=O) groups excluding carboxylic acids is 1. The van der Waals surface area contributed by atoms with Crippen molar-refractivity contribution >= 4 is 17.5 Å². The van der Waals surface area contributed by atoms with Crippen LogP contribution in [0.25, 0.3) is 0 Å². The zero-order chi connectivity index (χ0) is 14.4. The van der Waals surface area contributed by atoms with Crippen molar-refractivity contribution < 1.29 is 14.1 Å². The van der Waals surface area contributed by atoms with Gasteiger partial charge in [0.15, 0.2) is 12.3 Å². The van der Waals surface area contributed by atoms with Gasteiger partial charge in [0.05, 0.1) is 13.3 Å². The number of nitrogens with one attached hydrogen (secondary N) is 2. The molecule has 1 atom stereocenters. The molecule has 5 heteroatoms. The number of furan rings is 1. The van der Waals surface area contributed by atoms with Gasteiger partial charge in [0.1, 0.15) is 6.54 Å². The van der Waals surface area contributed by atoms with Crippen LogP contribution in [0.4, 0.5) is 0 Å². The highest BCUT2D eigenvalue weighted by Crippen LogP contribution is 2.08. The van der Waals surface area contributed by atoms with Crippen LogP contribution in [-0.2, 0) is 17.9 Å². The topological polar surface area (TPSA) is 46.7 Å². The monoisotopic (exact) mass is 293 g/mol. The summed E-state index contributed by atoms with van der Waals surface area (Å²) in [6, 6.07) is 11.2. The maximum Gasteiger partial charge on any atom is 0.275 e. The molecule has 0 aliphatic carbocycles. The van der Waals surface area contributed by atoms with E-state index in [0.717, 1.165) is 16.2 Å². The summed E-state index contributed by atoms with van der Waals surface area (Å²) in [5.74, 6) is 0.900. The standard InChI is InChI=1S/C15H17ClN2O2/c1-18(10-14-3-2-8-20-14)11-15(19)17-9-12-4-6-13(16)7-5-12/h2-8H,9-11H2,1H3,(H,17,19)/p+1. The largest absolute Gasteiger partial charge is 0.463 e. The van der Waals surface area contributed by atoms with Crippen molar-refractivity contribution in [2.75, 3.05) is 13.6 Å². The number of likely N-dealkylation sites (N-methyl/N-ethyl adjacent to an activating group) is 1. The summed E-state index contributed by atoms with van der Waals surface area (Å²) >= 11 is 5.81. The van der Waals surface area contributed by atoms with Gasteiger partial charge in [0.2, 0.25) is 0 Å². The first-order valence-corrected chi connectivity index (χ1v) is 6.86. The van der Waals surface area contributed by atoms with Crippen molar-refractivity contribution in [1.29, 1.82) is 0 Å². The van der Waals surface area contributed by atoms with Crippen LogP contribution in [0, 0.1) is 0 Å². The molecule has 1 unspecified atom stereocenters. The van der Waals surface area contributed by atoms with Gasteiger partial charge in [-0.05, 0) is 29.8 Å². The Hall–Kier alpha value is -1.78. The van der Waals surface area contributed by atoms with Crippen LogP contribution < -0.4 is 10.2 Å². The Morgan fingerprint density at radius 2 is 2.05 bits per heavy atom.